The summed E-state index contributed by atoms with van der Waals surface area (Å²) >= 11 is 1.61. The summed E-state index contributed by atoms with van der Waals surface area (Å²) in [5.41, 5.74) is 4.65. The number of phenols is 1. The van der Waals surface area contributed by atoms with Gasteiger partial charge in [0.25, 0.3) is 5.91 Å². The minimum Gasteiger partial charge on any atom is -0.506 e. The lowest BCUT2D eigenvalue weighted by atomic mass is 9.88. The van der Waals surface area contributed by atoms with Gasteiger partial charge in [-0.2, -0.15) is 0 Å². The summed E-state index contributed by atoms with van der Waals surface area (Å²) in [7, 11) is 0. The number of aromatic nitrogens is 1. The van der Waals surface area contributed by atoms with Gasteiger partial charge in [0.1, 0.15) is 35.3 Å². The number of hydrogen-bond donors (Lipinski definition) is 2. The Labute approximate surface area is 263 Å². The highest BCUT2D eigenvalue weighted by atomic mass is 32.2. The van der Waals surface area contributed by atoms with Crippen LogP contribution < -0.4 is 15.0 Å². The van der Waals surface area contributed by atoms with Crippen molar-refractivity contribution in [2.75, 3.05) is 22.6 Å². The zero-order valence-electron chi connectivity index (χ0n) is 25.8. The lowest BCUT2D eigenvalue weighted by molar-refractivity contribution is 0.0975. The van der Waals surface area contributed by atoms with E-state index in [2.05, 4.69) is 30.7 Å². The summed E-state index contributed by atoms with van der Waals surface area (Å²) < 4.78 is 22.3. The van der Waals surface area contributed by atoms with Gasteiger partial charge in [-0.15, -0.1) is 11.8 Å². The molecule has 0 radical (unpaired) electrons. The zero-order chi connectivity index (χ0) is 31.6. The molecule has 3 aromatic rings. The molecule has 44 heavy (non-hydrogen) atoms. The summed E-state index contributed by atoms with van der Waals surface area (Å²) in [4.78, 5) is 21.5. The van der Waals surface area contributed by atoms with Crippen molar-refractivity contribution in [3.8, 4) is 11.5 Å². The smallest absolute Gasteiger partial charge is 0.277 e. The Kier molecular flexibility index (Phi) is 9.02. The van der Waals surface area contributed by atoms with Crippen LogP contribution in [0.3, 0.4) is 0 Å². The topological polar surface area (TPSA) is 74.7 Å². The van der Waals surface area contributed by atoms with Crippen LogP contribution in [0.25, 0.3) is 0 Å². The third-order valence-electron chi connectivity index (χ3n) is 7.77. The van der Waals surface area contributed by atoms with Crippen molar-refractivity contribution in [1.82, 2.24) is 4.98 Å². The Bertz CT molecular complexity index is 1710. The number of carbonyl (C=O) groups excluding carboxylic acids is 1. The molecule has 5 rings (SSSR count). The van der Waals surface area contributed by atoms with E-state index >= 15 is 4.39 Å². The number of carbonyl (C=O) groups is 1. The molecule has 2 aliphatic rings. The Balaban J connectivity index is 1.69. The molecule has 0 aliphatic carbocycles. The van der Waals surface area contributed by atoms with Crippen LogP contribution in [0.4, 0.5) is 15.8 Å². The van der Waals surface area contributed by atoms with Gasteiger partial charge in [0.15, 0.2) is 0 Å². The van der Waals surface area contributed by atoms with Gasteiger partial charge >= 0.3 is 0 Å². The number of pyridine rings is 1. The first-order valence-electron chi connectivity index (χ1n) is 14.6. The molecular weight excluding hydrogens is 573 g/mol. The van der Waals surface area contributed by atoms with E-state index in [0.717, 1.165) is 27.5 Å². The van der Waals surface area contributed by atoms with Gasteiger partial charge in [-0.1, -0.05) is 56.9 Å². The quantitative estimate of drug-likeness (QED) is 0.205. The second kappa shape index (κ2) is 12.7. The average Bonchev–Trinajstić information content (AvgIpc) is 3.13. The van der Waals surface area contributed by atoms with E-state index in [1.807, 2.05) is 45.1 Å². The van der Waals surface area contributed by atoms with Crippen LogP contribution in [-0.2, 0) is 0 Å². The minimum atomic E-state index is -0.814. The van der Waals surface area contributed by atoms with Gasteiger partial charge in [-0.25, -0.2) is 9.37 Å². The number of amides is 1. The number of rotatable bonds is 7. The molecule has 2 N–H and O–H groups in total. The fourth-order valence-corrected chi connectivity index (χ4v) is 6.87. The van der Waals surface area contributed by atoms with Crippen molar-refractivity contribution < 1.29 is 19.0 Å². The molecule has 0 fully saturated rings. The second-order valence-electron chi connectivity index (χ2n) is 11.9. The molecule has 0 saturated heterocycles. The Morgan fingerprint density at radius 2 is 2.05 bits per heavy atom. The molecule has 1 amide bonds. The normalized spacial score (nSPS) is 17.9. The van der Waals surface area contributed by atoms with Crippen molar-refractivity contribution in [2.45, 2.75) is 47.1 Å². The van der Waals surface area contributed by atoms with Crippen molar-refractivity contribution in [2.24, 2.45) is 5.41 Å². The van der Waals surface area contributed by atoms with Crippen LogP contribution >= 0.6 is 11.8 Å². The van der Waals surface area contributed by atoms with Crippen LogP contribution in [-0.4, -0.2) is 28.4 Å². The third-order valence-corrected chi connectivity index (χ3v) is 9.47. The molecular formula is C36H38FN3O3S. The van der Waals surface area contributed by atoms with E-state index in [1.54, 1.807) is 59.1 Å². The zero-order valence-corrected chi connectivity index (χ0v) is 26.6. The van der Waals surface area contributed by atoms with Crippen LogP contribution in [0.2, 0.25) is 0 Å². The number of fused-ring (bicyclic) bond motifs is 1. The van der Waals surface area contributed by atoms with E-state index < -0.39 is 11.9 Å². The number of nitrogens with zero attached hydrogens (tertiary/aromatic N) is 2. The lowest BCUT2D eigenvalue weighted by Crippen LogP contribution is -2.38. The first kappa shape index (κ1) is 31.1. The molecule has 3 heterocycles. The van der Waals surface area contributed by atoms with Gasteiger partial charge in [0.05, 0.1) is 11.7 Å². The number of benzene rings is 2. The van der Waals surface area contributed by atoms with Crippen LogP contribution in [0.5, 0.6) is 11.5 Å². The van der Waals surface area contributed by atoms with E-state index in [0.29, 0.717) is 34.8 Å². The van der Waals surface area contributed by atoms with Crippen LogP contribution in [0, 0.1) is 25.1 Å². The highest BCUT2D eigenvalue weighted by molar-refractivity contribution is 8.03. The largest absolute Gasteiger partial charge is 0.506 e. The van der Waals surface area contributed by atoms with Crippen molar-refractivity contribution in [3.05, 3.63) is 124 Å². The molecule has 6 nitrogen and oxygen atoms in total. The van der Waals surface area contributed by atoms with Gasteiger partial charge in [-0.05, 0) is 74.1 Å². The number of anilines is 2. The number of nitrogens with one attached hydrogen (secondary N) is 1. The molecule has 1 atom stereocenters. The van der Waals surface area contributed by atoms with E-state index in [-0.39, 0.29) is 29.4 Å². The minimum absolute atomic E-state index is 0.0102. The van der Waals surface area contributed by atoms with Gasteiger partial charge in [-0.3, -0.25) is 9.69 Å². The maximum Gasteiger partial charge on any atom is 0.277 e. The Morgan fingerprint density at radius 1 is 1.25 bits per heavy atom. The predicted molar refractivity (Wildman–Crippen MR) is 178 cm³/mol. The molecule has 0 saturated carbocycles. The number of aryl methyl sites for hydroxylation is 2. The summed E-state index contributed by atoms with van der Waals surface area (Å²) in [6.45, 7) is 13.9. The standard InChI is InChI=1S/C36H38FN3O3S/c1-7-9-12-24(8-2)20-43-25-15-16-26(27(37)18-25)33-34-29(19-36(5,6)21-44-34)39-31-30(41)17-14-22(3)32(31)40(33)35(42)28-13-10-11-23(4)38-28/h7-18,33,39,41H,1,19-21H2,2-6H3/b12-9-,24-8+. The maximum atomic E-state index is 16.4. The number of hydrogen-bond acceptors (Lipinski definition) is 6. The molecule has 228 valence electrons. The highest BCUT2D eigenvalue weighted by Gasteiger charge is 2.42. The van der Waals surface area contributed by atoms with Gasteiger partial charge in [0, 0.05) is 33.7 Å². The van der Waals surface area contributed by atoms with Gasteiger partial charge < -0.3 is 15.2 Å². The Hall–Kier alpha value is -4.30. The summed E-state index contributed by atoms with van der Waals surface area (Å²) in [5, 5.41) is 14.6. The first-order chi connectivity index (χ1) is 21.0. The molecule has 2 aromatic carbocycles. The van der Waals surface area contributed by atoms with E-state index in [9.17, 15) is 9.90 Å². The van der Waals surface area contributed by atoms with E-state index in [4.69, 9.17) is 4.74 Å². The summed E-state index contributed by atoms with van der Waals surface area (Å²) in [6, 6.07) is 12.7. The number of phenolic OH excluding ortho intramolecular Hbond substituents is 1. The first-order valence-corrected chi connectivity index (χ1v) is 15.6. The fourth-order valence-electron chi connectivity index (χ4n) is 5.53. The van der Waals surface area contributed by atoms with Gasteiger partial charge in [0.2, 0.25) is 0 Å². The maximum absolute atomic E-state index is 16.4. The molecule has 1 unspecified atom stereocenters. The molecule has 0 bridgehead atoms. The van der Waals surface area contributed by atoms with Crippen molar-refractivity contribution in [3.63, 3.8) is 0 Å². The molecule has 0 spiro atoms. The predicted octanol–water partition coefficient (Wildman–Crippen LogP) is 8.80. The van der Waals surface area contributed by atoms with E-state index in [1.165, 1.54) is 6.07 Å². The number of allylic oxidation sites excluding steroid dienone is 4. The van der Waals surface area contributed by atoms with Crippen molar-refractivity contribution >= 4 is 29.0 Å². The number of thioether (sulfide) groups is 1. The Morgan fingerprint density at radius 3 is 2.75 bits per heavy atom. The number of aromatic hydroxyl groups is 1. The summed E-state index contributed by atoms with van der Waals surface area (Å²) in [5.74, 6) is 0.286. The SMILES string of the molecule is C=C/C=C\C(=C/C)COc1ccc(C2C3=C(CC(C)(C)CS3)Nc3c(O)ccc(C)c3N2C(=O)c2cccc(C)n2)c(F)c1. The van der Waals surface area contributed by atoms with Crippen molar-refractivity contribution in [1.29, 1.82) is 0 Å². The third kappa shape index (κ3) is 6.31. The van der Waals surface area contributed by atoms with Crippen LogP contribution in [0.1, 0.15) is 60.5 Å². The lowest BCUT2D eigenvalue weighted by Gasteiger charge is -2.37. The van der Waals surface area contributed by atoms with Crippen LogP contribution in [0.15, 0.2) is 95.6 Å². The summed E-state index contributed by atoms with van der Waals surface area (Å²) in [6.07, 6.45) is 7.99. The highest BCUT2D eigenvalue weighted by Crippen LogP contribution is 2.54. The molecule has 2 aliphatic heterocycles. The number of halogens is 1. The molecule has 1 aromatic heterocycles. The fraction of sp³-hybridized carbons (Fsp3) is 0.278. The monoisotopic (exact) mass is 611 g/mol. The number of ether oxygens (including phenoxy) is 1. The average molecular weight is 612 g/mol. The second-order valence-corrected chi connectivity index (χ2v) is 12.9. The molecule has 8 heteroatoms.